The second-order valence-corrected chi connectivity index (χ2v) is 5.26. The fourth-order valence-corrected chi connectivity index (χ4v) is 2.08. The van der Waals surface area contributed by atoms with Gasteiger partial charge in [0.25, 0.3) is 11.2 Å². The maximum atomic E-state index is 12.4. The summed E-state index contributed by atoms with van der Waals surface area (Å²) in [7, 11) is 3.76. The van der Waals surface area contributed by atoms with Crippen LogP contribution in [0.1, 0.15) is 0 Å². The standard InChI is InChI=1S/C14H17N5O4.ClH/c1-17(2)7-6-15-12(20)8-18-9-16-10-4-3-5-11(19(22)23)13(10)14(18)21;/h3-5,9H,6-8H2,1-2H3,(H,15,20);1H. The predicted octanol–water partition coefficient (Wildman–Crippen LogP) is 0.404. The van der Waals surface area contributed by atoms with E-state index in [-0.39, 0.29) is 41.4 Å². The number of aromatic nitrogens is 2. The van der Waals surface area contributed by atoms with Crippen molar-refractivity contribution in [2.45, 2.75) is 6.54 Å². The number of nitrogens with zero attached hydrogens (tertiary/aromatic N) is 4. The minimum Gasteiger partial charge on any atom is -0.353 e. The fourth-order valence-electron chi connectivity index (χ4n) is 2.08. The number of rotatable bonds is 6. The second-order valence-electron chi connectivity index (χ2n) is 5.26. The molecule has 0 radical (unpaired) electrons. The van der Waals surface area contributed by atoms with Crippen molar-refractivity contribution in [3.63, 3.8) is 0 Å². The number of halogens is 1. The molecule has 1 aromatic carbocycles. The van der Waals surface area contributed by atoms with Crippen molar-refractivity contribution in [3.8, 4) is 0 Å². The van der Waals surface area contributed by atoms with Gasteiger partial charge in [-0.2, -0.15) is 0 Å². The zero-order valence-electron chi connectivity index (χ0n) is 13.3. The molecule has 9 nitrogen and oxygen atoms in total. The molecule has 0 aliphatic carbocycles. The molecule has 24 heavy (non-hydrogen) atoms. The normalized spacial score (nSPS) is 10.5. The van der Waals surface area contributed by atoms with Crippen LogP contribution in [0.4, 0.5) is 5.69 Å². The highest BCUT2D eigenvalue weighted by Crippen LogP contribution is 2.19. The Kier molecular flexibility index (Phi) is 6.81. The largest absolute Gasteiger partial charge is 0.353 e. The SMILES string of the molecule is CN(C)CCNC(=O)Cn1cnc2cccc([N+](=O)[O-])c2c1=O.Cl. The van der Waals surface area contributed by atoms with E-state index in [0.717, 1.165) is 4.57 Å². The minimum atomic E-state index is -0.632. The van der Waals surface area contributed by atoms with Crippen molar-refractivity contribution < 1.29 is 9.72 Å². The lowest BCUT2D eigenvalue weighted by molar-refractivity contribution is -0.383. The van der Waals surface area contributed by atoms with E-state index in [0.29, 0.717) is 13.1 Å². The first-order chi connectivity index (χ1) is 10.9. The number of nitro groups is 1. The van der Waals surface area contributed by atoms with Gasteiger partial charge in [-0.3, -0.25) is 24.3 Å². The molecular formula is C14H18ClN5O4. The maximum Gasteiger partial charge on any atom is 0.284 e. The molecule has 130 valence electrons. The number of nitrogens with one attached hydrogen (secondary N) is 1. The van der Waals surface area contributed by atoms with Gasteiger partial charge >= 0.3 is 0 Å². The highest BCUT2D eigenvalue weighted by atomic mass is 35.5. The number of nitro benzene ring substituents is 1. The minimum absolute atomic E-state index is 0. The van der Waals surface area contributed by atoms with Gasteiger partial charge in [-0.25, -0.2) is 4.98 Å². The summed E-state index contributed by atoms with van der Waals surface area (Å²) in [5, 5.41) is 13.6. The number of hydrogen-bond donors (Lipinski definition) is 1. The van der Waals surface area contributed by atoms with Crippen molar-refractivity contribution in [1.29, 1.82) is 0 Å². The Morgan fingerprint density at radius 3 is 2.75 bits per heavy atom. The number of amides is 1. The van der Waals surface area contributed by atoms with Gasteiger partial charge in [0.05, 0.1) is 16.8 Å². The highest BCUT2D eigenvalue weighted by molar-refractivity contribution is 5.87. The van der Waals surface area contributed by atoms with E-state index in [1.54, 1.807) is 0 Å². The van der Waals surface area contributed by atoms with Crippen molar-refractivity contribution in [2.24, 2.45) is 0 Å². The molecule has 2 aromatic rings. The van der Waals surface area contributed by atoms with Gasteiger partial charge in [-0.1, -0.05) is 6.07 Å². The average Bonchev–Trinajstić information content (AvgIpc) is 2.49. The molecule has 0 aliphatic rings. The molecule has 0 bridgehead atoms. The third-order valence-corrected chi connectivity index (χ3v) is 3.22. The van der Waals surface area contributed by atoms with E-state index in [1.165, 1.54) is 24.5 Å². The number of carbonyl (C=O) groups excluding carboxylic acids is 1. The van der Waals surface area contributed by atoms with Crippen LogP contribution in [-0.2, 0) is 11.3 Å². The Morgan fingerprint density at radius 2 is 2.12 bits per heavy atom. The van der Waals surface area contributed by atoms with Crippen LogP contribution in [0.15, 0.2) is 29.3 Å². The Morgan fingerprint density at radius 1 is 1.42 bits per heavy atom. The molecule has 1 amide bonds. The van der Waals surface area contributed by atoms with Gasteiger partial charge in [-0.05, 0) is 20.2 Å². The molecule has 0 aliphatic heterocycles. The quantitative estimate of drug-likeness (QED) is 0.593. The Bertz CT molecular complexity index is 805. The van der Waals surface area contributed by atoms with Gasteiger partial charge in [0, 0.05) is 19.2 Å². The summed E-state index contributed by atoms with van der Waals surface area (Å²) in [6, 6.07) is 4.23. The average molecular weight is 356 g/mol. The van der Waals surface area contributed by atoms with E-state index in [2.05, 4.69) is 10.3 Å². The summed E-state index contributed by atoms with van der Waals surface area (Å²) in [6.07, 6.45) is 1.22. The van der Waals surface area contributed by atoms with Crippen LogP contribution in [-0.4, -0.2) is 52.5 Å². The first-order valence-corrected chi connectivity index (χ1v) is 6.94. The fraction of sp³-hybridized carbons (Fsp3) is 0.357. The van der Waals surface area contributed by atoms with Gasteiger partial charge in [0.15, 0.2) is 0 Å². The molecule has 0 spiro atoms. The molecular weight excluding hydrogens is 338 g/mol. The first-order valence-electron chi connectivity index (χ1n) is 6.94. The number of benzene rings is 1. The molecule has 0 saturated heterocycles. The predicted molar refractivity (Wildman–Crippen MR) is 91.5 cm³/mol. The molecule has 0 fully saturated rings. The molecule has 2 rings (SSSR count). The van der Waals surface area contributed by atoms with Crippen molar-refractivity contribution >= 4 is 34.9 Å². The summed E-state index contributed by atoms with van der Waals surface area (Å²) in [4.78, 5) is 40.6. The van der Waals surface area contributed by atoms with E-state index >= 15 is 0 Å². The smallest absolute Gasteiger partial charge is 0.284 e. The molecule has 10 heteroatoms. The van der Waals surface area contributed by atoms with E-state index in [9.17, 15) is 19.7 Å². The number of hydrogen-bond acceptors (Lipinski definition) is 6. The van der Waals surface area contributed by atoms with Crippen LogP contribution in [0.25, 0.3) is 10.9 Å². The summed E-state index contributed by atoms with van der Waals surface area (Å²) >= 11 is 0. The van der Waals surface area contributed by atoms with Gasteiger partial charge in [0.2, 0.25) is 5.91 Å². The summed E-state index contributed by atoms with van der Waals surface area (Å²) in [5.74, 6) is -0.353. The lowest BCUT2D eigenvalue weighted by atomic mass is 10.2. The maximum absolute atomic E-state index is 12.4. The van der Waals surface area contributed by atoms with Gasteiger partial charge in [-0.15, -0.1) is 12.4 Å². The summed E-state index contributed by atoms with van der Waals surface area (Å²) in [6.45, 7) is 0.880. The van der Waals surface area contributed by atoms with E-state index < -0.39 is 10.5 Å². The topological polar surface area (TPSA) is 110 Å². The van der Waals surface area contributed by atoms with Crippen LogP contribution >= 0.6 is 12.4 Å². The highest BCUT2D eigenvalue weighted by Gasteiger charge is 2.17. The van der Waals surface area contributed by atoms with Crippen LogP contribution in [0.2, 0.25) is 0 Å². The van der Waals surface area contributed by atoms with Crippen LogP contribution in [0, 0.1) is 10.1 Å². The number of likely N-dealkylation sites (N-methyl/N-ethyl adjacent to an activating group) is 1. The molecule has 1 aromatic heterocycles. The molecule has 1 heterocycles. The van der Waals surface area contributed by atoms with Crippen LogP contribution in [0.3, 0.4) is 0 Å². The van der Waals surface area contributed by atoms with Crippen molar-refractivity contribution in [3.05, 3.63) is 45.0 Å². The number of fused-ring (bicyclic) bond motifs is 1. The monoisotopic (exact) mass is 355 g/mol. The Balaban J connectivity index is 0.00000288. The first kappa shape index (κ1) is 19.5. The zero-order valence-corrected chi connectivity index (χ0v) is 14.1. The van der Waals surface area contributed by atoms with E-state index in [4.69, 9.17) is 0 Å². The molecule has 1 N–H and O–H groups in total. The van der Waals surface area contributed by atoms with Gasteiger partial charge < -0.3 is 10.2 Å². The second kappa shape index (κ2) is 8.37. The number of non-ortho nitro benzene ring substituents is 1. The summed E-state index contributed by atoms with van der Waals surface area (Å²) < 4.78 is 1.07. The third-order valence-electron chi connectivity index (χ3n) is 3.22. The number of carbonyl (C=O) groups is 1. The van der Waals surface area contributed by atoms with Gasteiger partial charge in [0.1, 0.15) is 11.9 Å². The third kappa shape index (κ3) is 4.49. The van der Waals surface area contributed by atoms with Crippen molar-refractivity contribution in [2.75, 3.05) is 27.2 Å². The lowest BCUT2D eigenvalue weighted by Crippen LogP contribution is -2.36. The Hall–Kier alpha value is -2.52. The summed E-state index contributed by atoms with van der Waals surface area (Å²) in [5.41, 5.74) is -0.694. The molecule has 0 saturated carbocycles. The molecule has 0 atom stereocenters. The van der Waals surface area contributed by atoms with Crippen LogP contribution < -0.4 is 10.9 Å². The molecule has 0 unspecified atom stereocenters. The Labute approximate surface area is 143 Å². The van der Waals surface area contributed by atoms with E-state index in [1.807, 2.05) is 19.0 Å². The lowest BCUT2D eigenvalue weighted by Gasteiger charge is -2.11. The zero-order chi connectivity index (χ0) is 17.0. The van der Waals surface area contributed by atoms with Crippen LogP contribution in [0.5, 0.6) is 0 Å². The van der Waals surface area contributed by atoms with Crippen molar-refractivity contribution in [1.82, 2.24) is 19.8 Å².